The molecule has 0 radical (unpaired) electrons. The van der Waals surface area contributed by atoms with E-state index < -0.39 is 0 Å². The fourth-order valence-electron chi connectivity index (χ4n) is 2.57. The molecular formula is C19H17Cl2N5O. The van der Waals surface area contributed by atoms with E-state index in [1.807, 2.05) is 13.0 Å². The van der Waals surface area contributed by atoms with Gasteiger partial charge in [0.05, 0.1) is 15.6 Å². The van der Waals surface area contributed by atoms with Crippen LogP contribution in [0.15, 0.2) is 42.6 Å². The predicted octanol–water partition coefficient (Wildman–Crippen LogP) is 4.70. The van der Waals surface area contributed by atoms with Crippen molar-refractivity contribution in [1.29, 1.82) is 0 Å². The van der Waals surface area contributed by atoms with Crippen LogP contribution < -0.4 is 10.6 Å². The predicted molar refractivity (Wildman–Crippen MR) is 108 cm³/mol. The van der Waals surface area contributed by atoms with Crippen molar-refractivity contribution in [2.45, 2.75) is 13.3 Å². The van der Waals surface area contributed by atoms with Gasteiger partial charge in [0.25, 0.3) is 0 Å². The molecule has 3 aromatic rings. The molecule has 8 heteroatoms. The van der Waals surface area contributed by atoms with Gasteiger partial charge in [0.2, 0.25) is 5.95 Å². The molecule has 3 rings (SSSR count). The number of ketones is 1. The number of anilines is 3. The maximum Gasteiger partial charge on any atom is 0.224 e. The smallest absolute Gasteiger partial charge is 0.224 e. The van der Waals surface area contributed by atoms with Gasteiger partial charge in [0.1, 0.15) is 11.6 Å². The van der Waals surface area contributed by atoms with Crippen molar-refractivity contribution in [3.8, 4) is 0 Å². The number of carbonyl (C=O) groups excluding carboxylic acids is 1. The van der Waals surface area contributed by atoms with Crippen molar-refractivity contribution < 1.29 is 4.79 Å². The molecule has 0 saturated heterocycles. The summed E-state index contributed by atoms with van der Waals surface area (Å²) in [5.41, 5.74) is 1.93. The molecule has 0 amide bonds. The second-order valence-electron chi connectivity index (χ2n) is 5.84. The minimum atomic E-state index is -0.155. The summed E-state index contributed by atoms with van der Waals surface area (Å²) >= 11 is 12.2. The van der Waals surface area contributed by atoms with E-state index in [0.29, 0.717) is 33.2 Å². The van der Waals surface area contributed by atoms with Crippen molar-refractivity contribution >= 4 is 46.6 Å². The molecule has 138 valence electrons. The fraction of sp³-hybridized carbons (Fsp3) is 0.158. The Morgan fingerprint density at radius 2 is 1.81 bits per heavy atom. The van der Waals surface area contributed by atoms with E-state index in [1.54, 1.807) is 43.6 Å². The van der Waals surface area contributed by atoms with Gasteiger partial charge in [-0.2, -0.15) is 4.98 Å². The van der Waals surface area contributed by atoms with Crippen LogP contribution in [0.4, 0.5) is 17.6 Å². The minimum Gasteiger partial charge on any atom is -0.357 e. The number of halogens is 2. The van der Waals surface area contributed by atoms with Crippen LogP contribution in [-0.4, -0.2) is 27.8 Å². The number of rotatable bonds is 6. The standard InChI is InChI=1S/C19H17Cl2N5O/c1-11-8-17(26-19(22-2)24-11)25-16-10-12(6-7-23-16)9-15(27)18-13(20)4-3-5-14(18)21/h3-8,10H,9H2,1-2H3,(H2,22,23,24,25,26). The topological polar surface area (TPSA) is 79.8 Å². The summed E-state index contributed by atoms with van der Waals surface area (Å²) in [6, 6.07) is 10.4. The Bertz CT molecular complexity index is 973. The van der Waals surface area contributed by atoms with Crippen LogP contribution in [0.5, 0.6) is 0 Å². The summed E-state index contributed by atoms with van der Waals surface area (Å²) in [6.45, 7) is 1.88. The molecule has 1 aromatic carbocycles. The average Bonchev–Trinajstić information content (AvgIpc) is 2.61. The average molecular weight is 402 g/mol. The highest BCUT2D eigenvalue weighted by Gasteiger charge is 2.15. The lowest BCUT2D eigenvalue weighted by Crippen LogP contribution is -2.06. The first-order valence-electron chi connectivity index (χ1n) is 8.19. The van der Waals surface area contributed by atoms with Crippen LogP contribution in [0.3, 0.4) is 0 Å². The normalized spacial score (nSPS) is 10.5. The molecule has 0 unspecified atom stereocenters. The van der Waals surface area contributed by atoms with Gasteiger partial charge in [-0.15, -0.1) is 0 Å². The van der Waals surface area contributed by atoms with E-state index in [4.69, 9.17) is 23.2 Å². The first-order valence-corrected chi connectivity index (χ1v) is 8.94. The summed E-state index contributed by atoms with van der Waals surface area (Å²) in [5.74, 6) is 1.54. The molecule has 0 atom stereocenters. The Hall–Kier alpha value is -2.70. The maximum atomic E-state index is 12.6. The molecule has 0 saturated carbocycles. The van der Waals surface area contributed by atoms with Crippen LogP contribution >= 0.6 is 23.2 Å². The molecule has 0 aliphatic carbocycles. The van der Waals surface area contributed by atoms with Crippen LogP contribution in [0.1, 0.15) is 21.6 Å². The number of benzene rings is 1. The summed E-state index contributed by atoms with van der Waals surface area (Å²) < 4.78 is 0. The van der Waals surface area contributed by atoms with E-state index in [-0.39, 0.29) is 12.2 Å². The van der Waals surface area contributed by atoms with Gasteiger partial charge >= 0.3 is 0 Å². The lowest BCUT2D eigenvalue weighted by molar-refractivity contribution is 0.0993. The Labute approximate surface area is 167 Å². The third-order valence-electron chi connectivity index (χ3n) is 3.76. The second kappa shape index (κ2) is 8.33. The molecule has 2 aromatic heterocycles. The van der Waals surface area contributed by atoms with Gasteiger partial charge in [-0.05, 0) is 36.8 Å². The fourth-order valence-corrected chi connectivity index (χ4v) is 3.17. The molecule has 0 aliphatic heterocycles. The summed E-state index contributed by atoms with van der Waals surface area (Å²) in [7, 11) is 1.75. The highest BCUT2D eigenvalue weighted by atomic mass is 35.5. The van der Waals surface area contributed by atoms with Crippen LogP contribution in [-0.2, 0) is 6.42 Å². The van der Waals surface area contributed by atoms with Gasteiger partial charge < -0.3 is 10.6 Å². The molecule has 0 fully saturated rings. The molecule has 0 bridgehead atoms. The van der Waals surface area contributed by atoms with Crippen molar-refractivity contribution in [3.63, 3.8) is 0 Å². The van der Waals surface area contributed by atoms with Gasteiger partial charge in [0.15, 0.2) is 5.78 Å². The van der Waals surface area contributed by atoms with Crippen LogP contribution in [0, 0.1) is 6.92 Å². The SMILES string of the molecule is CNc1nc(C)cc(Nc2cc(CC(=O)c3c(Cl)cccc3Cl)ccn2)n1. The van der Waals surface area contributed by atoms with E-state index in [2.05, 4.69) is 25.6 Å². The third-order valence-corrected chi connectivity index (χ3v) is 4.39. The zero-order valence-corrected chi connectivity index (χ0v) is 16.3. The van der Waals surface area contributed by atoms with Gasteiger partial charge in [-0.25, -0.2) is 9.97 Å². The lowest BCUT2D eigenvalue weighted by Gasteiger charge is -2.09. The summed E-state index contributed by atoms with van der Waals surface area (Å²) in [4.78, 5) is 25.5. The Balaban J connectivity index is 1.80. The first-order chi connectivity index (χ1) is 13.0. The highest BCUT2D eigenvalue weighted by molar-refractivity contribution is 6.39. The van der Waals surface area contributed by atoms with E-state index in [9.17, 15) is 4.79 Å². The van der Waals surface area contributed by atoms with Gasteiger partial charge in [-0.3, -0.25) is 4.79 Å². The second-order valence-corrected chi connectivity index (χ2v) is 6.65. The number of aryl methyl sites for hydroxylation is 1. The zero-order valence-electron chi connectivity index (χ0n) is 14.8. The Morgan fingerprint density at radius 3 is 2.52 bits per heavy atom. The van der Waals surface area contributed by atoms with Crippen LogP contribution in [0.25, 0.3) is 0 Å². The Kier molecular flexibility index (Phi) is 5.88. The molecule has 0 aliphatic rings. The van der Waals surface area contributed by atoms with Crippen molar-refractivity contribution in [2.24, 2.45) is 0 Å². The minimum absolute atomic E-state index is 0.155. The van der Waals surface area contributed by atoms with E-state index in [0.717, 1.165) is 11.3 Å². The van der Waals surface area contributed by atoms with Crippen molar-refractivity contribution in [1.82, 2.24) is 15.0 Å². The number of aromatic nitrogens is 3. The summed E-state index contributed by atoms with van der Waals surface area (Å²) in [5, 5.41) is 6.72. The molecule has 6 nitrogen and oxygen atoms in total. The Morgan fingerprint density at radius 1 is 1.07 bits per heavy atom. The summed E-state index contributed by atoms with van der Waals surface area (Å²) in [6.07, 6.45) is 1.79. The van der Waals surface area contributed by atoms with Gasteiger partial charge in [-0.1, -0.05) is 29.3 Å². The zero-order chi connectivity index (χ0) is 19.4. The largest absolute Gasteiger partial charge is 0.357 e. The molecule has 27 heavy (non-hydrogen) atoms. The third kappa shape index (κ3) is 4.72. The molecule has 0 spiro atoms. The van der Waals surface area contributed by atoms with Gasteiger partial charge in [0, 0.05) is 31.4 Å². The van der Waals surface area contributed by atoms with E-state index in [1.165, 1.54) is 0 Å². The highest BCUT2D eigenvalue weighted by Crippen LogP contribution is 2.26. The number of hydrogen-bond acceptors (Lipinski definition) is 6. The lowest BCUT2D eigenvalue weighted by atomic mass is 10.0. The number of carbonyl (C=O) groups is 1. The number of Topliss-reactive ketones (excluding diaryl/α,β-unsaturated/α-hetero) is 1. The molecular weight excluding hydrogens is 385 g/mol. The van der Waals surface area contributed by atoms with E-state index >= 15 is 0 Å². The monoisotopic (exact) mass is 401 g/mol. The van der Waals surface area contributed by atoms with Crippen molar-refractivity contribution in [2.75, 3.05) is 17.7 Å². The molecule has 2 N–H and O–H groups in total. The maximum absolute atomic E-state index is 12.6. The number of nitrogens with zero attached hydrogens (tertiary/aromatic N) is 3. The van der Waals surface area contributed by atoms with Crippen molar-refractivity contribution in [3.05, 3.63) is 69.5 Å². The number of hydrogen-bond donors (Lipinski definition) is 2. The quantitative estimate of drug-likeness (QED) is 0.582. The number of nitrogens with one attached hydrogen (secondary N) is 2. The first kappa shape index (κ1) is 19.1. The van der Waals surface area contributed by atoms with Crippen LogP contribution in [0.2, 0.25) is 10.0 Å². The molecule has 2 heterocycles. The number of pyridine rings is 1.